The molecule has 0 atom stereocenters. The Labute approximate surface area is 121 Å². The molecular weight excluding hydrogens is 285 g/mol. The van der Waals surface area contributed by atoms with Crippen molar-refractivity contribution in [3.63, 3.8) is 0 Å². The quantitative estimate of drug-likeness (QED) is 0.625. The minimum Gasteiger partial charge on any atom is -0.406 e. The average molecular weight is 304 g/mol. The predicted octanol–water partition coefficient (Wildman–Crippen LogP) is 2.26. The van der Waals surface area contributed by atoms with E-state index in [1.165, 1.54) is 24.3 Å². The Morgan fingerprint density at radius 2 is 1.95 bits per heavy atom. The van der Waals surface area contributed by atoms with E-state index >= 15 is 0 Å². The number of nitrogens with zero attached hydrogens (tertiary/aromatic N) is 2. The summed E-state index contributed by atoms with van der Waals surface area (Å²) in [6.07, 6.45) is -4.69. The lowest BCUT2D eigenvalue weighted by molar-refractivity contribution is -0.274. The monoisotopic (exact) mass is 304 g/mol. The number of nitrogens with one attached hydrogen (secondary N) is 1. The molecule has 1 rings (SSSR count). The maximum Gasteiger partial charge on any atom is 0.573 e. The number of guanidine groups is 1. The molecular formula is C13H19F3N4O. The lowest BCUT2D eigenvalue weighted by atomic mass is 10.3. The van der Waals surface area contributed by atoms with Crippen LogP contribution in [0.5, 0.6) is 5.75 Å². The lowest BCUT2D eigenvalue weighted by Crippen LogP contribution is -2.26. The van der Waals surface area contributed by atoms with Crippen molar-refractivity contribution in [2.24, 2.45) is 10.7 Å². The van der Waals surface area contributed by atoms with E-state index in [0.717, 1.165) is 13.1 Å². The zero-order valence-electron chi connectivity index (χ0n) is 11.9. The number of alkyl halides is 3. The van der Waals surface area contributed by atoms with E-state index in [-0.39, 0.29) is 11.7 Å². The van der Waals surface area contributed by atoms with Crippen LogP contribution in [-0.2, 0) is 0 Å². The van der Waals surface area contributed by atoms with Gasteiger partial charge < -0.3 is 20.7 Å². The summed E-state index contributed by atoms with van der Waals surface area (Å²) in [6, 6.07) is 5.27. The van der Waals surface area contributed by atoms with Crippen molar-refractivity contribution in [2.75, 3.05) is 32.0 Å². The van der Waals surface area contributed by atoms with Gasteiger partial charge in [0.05, 0.1) is 6.54 Å². The van der Waals surface area contributed by atoms with Crippen molar-refractivity contribution >= 4 is 11.6 Å². The van der Waals surface area contributed by atoms with Crippen LogP contribution in [-0.4, -0.2) is 43.9 Å². The van der Waals surface area contributed by atoms with E-state index in [9.17, 15) is 13.2 Å². The minimum atomic E-state index is -4.69. The van der Waals surface area contributed by atoms with Crippen molar-refractivity contribution in [3.05, 3.63) is 24.3 Å². The second kappa shape index (κ2) is 7.72. The molecule has 0 saturated carbocycles. The van der Waals surface area contributed by atoms with Gasteiger partial charge in [-0.3, -0.25) is 4.99 Å². The molecule has 0 aromatic heterocycles. The zero-order valence-corrected chi connectivity index (χ0v) is 11.9. The van der Waals surface area contributed by atoms with Gasteiger partial charge in [-0.25, -0.2) is 0 Å². The van der Waals surface area contributed by atoms with E-state index in [4.69, 9.17) is 5.73 Å². The highest BCUT2D eigenvalue weighted by molar-refractivity contribution is 5.92. The van der Waals surface area contributed by atoms with Crippen molar-refractivity contribution in [2.45, 2.75) is 13.3 Å². The molecule has 0 unspecified atom stereocenters. The van der Waals surface area contributed by atoms with Crippen LogP contribution >= 0.6 is 0 Å². The normalized spacial score (nSPS) is 12.6. The highest BCUT2D eigenvalue weighted by atomic mass is 19.4. The van der Waals surface area contributed by atoms with Gasteiger partial charge >= 0.3 is 6.36 Å². The number of benzene rings is 1. The highest BCUT2D eigenvalue weighted by Crippen LogP contribution is 2.23. The fourth-order valence-electron chi connectivity index (χ4n) is 1.43. The molecule has 0 fully saturated rings. The first kappa shape index (κ1) is 17.1. The molecule has 0 amide bonds. The van der Waals surface area contributed by atoms with Gasteiger partial charge in [0.1, 0.15) is 5.75 Å². The van der Waals surface area contributed by atoms with Crippen LogP contribution in [0.2, 0.25) is 0 Å². The summed E-state index contributed by atoms with van der Waals surface area (Å²) in [5.41, 5.74) is 6.22. The molecule has 8 heteroatoms. The molecule has 0 spiro atoms. The number of ether oxygens (including phenoxy) is 1. The molecule has 118 valence electrons. The van der Waals surface area contributed by atoms with E-state index < -0.39 is 6.36 Å². The van der Waals surface area contributed by atoms with Crippen LogP contribution in [0, 0.1) is 0 Å². The van der Waals surface area contributed by atoms with E-state index in [2.05, 4.69) is 19.9 Å². The number of anilines is 1. The maximum atomic E-state index is 12.0. The fourth-order valence-corrected chi connectivity index (χ4v) is 1.43. The van der Waals surface area contributed by atoms with E-state index in [0.29, 0.717) is 12.2 Å². The number of nitrogens with two attached hydrogens (primary N) is 1. The van der Waals surface area contributed by atoms with Gasteiger partial charge in [0, 0.05) is 12.2 Å². The standard InChI is InChI=1S/C13H19F3N4O/c1-3-20(2)9-8-18-12(17)19-10-4-6-11(7-5-10)21-13(14,15)16/h4-7H,3,8-9H2,1-2H3,(H3,17,18,19). The second-order valence-electron chi connectivity index (χ2n) is 4.36. The summed E-state index contributed by atoms with van der Waals surface area (Å²) in [5.74, 6) is -0.0721. The SMILES string of the molecule is CCN(C)CCN=C(N)Nc1ccc(OC(F)(F)F)cc1. The molecule has 1 aromatic carbocycles. The Balaban J connectivity index is 2.49. The number of rotatable bonds is 6. The molecule has 0 bridgehead atoms. The number of halogens is 3. The first-order chi connectivity index (χ1) is 9.80. The van der Waals surface area contributed by atoms with Crippen LogP contribution in [0.15, 0.2) is 29.3 Å². The van der Waals surface area contributed by atoms with Crippen LogP contribution in [0.4, 0.5) is 18.9 Å². The summed E-state index contributed by atoms with van der Waals surface area (Å²) in [7, 11) is 1.97. The summed E-state index contributed by atoms with van der Waals surface area (Å²) >= 11 is 0. The van der Waals surface area contributed by atoms with Gasteiger partial charge in [-0.05, 0) is 37.9 Å². The molecule has 0 heterocycles. The Morgan fingerprint density at radius 1 is 1.33 bits per heavy atom. The summed E-state index contributed by atoms with van der Waals surface area (Å²) < 4.78 is 39.8. The number of hydrogen-bond donors (Lipinski definition) is 2. The summed E-state index contributed by atoms with van der Waals surface area (Å²) in [6.45, 7) is 4.27. The second-order valence-corrected chi connectivity index (χ2v) is 4.36. The third kappa shape index (κ3) is 7.40. The Hall–Kier alpha value is -1.96. The summed E-state index contributed by atoms with van der Waals surface area (Å²) in [4.78, 5) is 6.20. The zero-order chi connectivity index (χ0) is 15.9. The molecule has 5 nitrogen and oxygen atoms in total. The van der Waals surface area contributed by atoms with Gasteiger partial charge in [0.2, 0.25) is 0 Å². The lowest BCUT2D eigenvalue weighted by Gasteiger charge is -2.12. The third-order valence-corrected chi connectivity index (χ3v) is 2.66. The van der Waals surface area contributed by atoms with Gasteiger partial charge in [0.15, 0.2) is 5.96 Å². The molecule has 21 heavy (non-hydrogen) atoms. The first-order valence-electron chi connectivity index (χ1n) is 6.41. The van der Waals surface area contributed by atoms with E-state index in [1.54, 1.807) is 0 Å². The Morgan fingerprint density at radius 3 is 2.48 bits per heavy atom. The first-order valence-corrected chi connectivity index (χ1v) is 6.41. The van der Waals surface area contributed by atoms with Crippen LogP contribution in [0.25, 0.3) is 0 Å². The number of aliphatic imine (C=N–C) groups is 1. The van der Waals surface area contributed by atoms with Crippen LogP contribution in [0.3, 0.4) is 0 Å². The minimum absolute atomic E-state index is 0.212. The van der Waals surface area contributed by atoms with Crippen molar-refractivity contribution in [3.8, 4) is 5.75 Å². The number of hydrogen-bond acceptors (Lipinski definition) is 3. The molecule has 1 aromatic rings. The van der Waals surface area contributed by atoms with Gasteiger partial charge in [0.25, 0.3) is 0 Å². The van der Waals surface area contributed by atoms with Crippen LogP contribution < -0.4 is 15.8 Å². The molecule has 0 radical (unpaired) electrons. The number of likely N-dealkylation sites (N-methyl/N-ethyl adjacent to an activating group) is 1. The third-order valence-electron chi connectivity index (χ3n) is 2.66. The van der Waals surface area contributed by atoms with Gasteiger partial charge in [-0.1, -0.05) is 6.92 Å². The Kier molecular flexibility index (Phi) is 6.29. The molecule has 0 aliphatic carbocycles. The smallest absolute Gasteiger partial charge is 0.406 e. The maximum absolute atomic E-state index is 12.0. The largest absolute Gasteiger partial charge is 0.573 e. The van der Waals surface area contributed by atoms with Crippen molar-refractivity contribution in [1.29, 1.82) is 0 Å². The Bertz CT molecular complexity index is 459. The fraction of sp³-hybridized carbons (Fsp3) is 0.462. The van der Waals surface area contributed by atoms with Crippen molar-refractivity contribution in [1.82, 2.24) is 4.90 Å². The topological polar surface area (TPSA) is 62.9 Å². The van der Waals surface area contributed by atoms with E-state index in [1.807, 2.05) is 14.0 Å². The average Bonchev–Trinajstić information content (AvgIpc) is 2.39. The van der Waals surface area contributed by atoms with Gasteiger partial charge in [-0.2, -0.15) is 0 Å². The van der Waals surface area contributed by atoms with Crippen LogP contribution in [0.1, 0.15) is 6.92 Å². The molecule has 3 N–H and O–H groups in total. The molecule has 0 aliphatic heterocycles. The predicted molar refractivity (Wildman–Crippen MR) is 76.4 cm³/mol. The molecule has 0 saturated heterocycles. The highest BCUT2D eigenvalue weighted by Gasteiger charge is 2.30. The summed E-state index contributed by atoms with van der Waals surface area (Å²) in [5, 5.41) is 2.80. The molecule has 0 aliphatic rings. The van der Waals surface area contributed by atoms with Gasteiger partial charge in [-0.15, -0.1) is 13.2 Å². The van der Waals surface area contributed by atoms with Crippen molar-refractivity contribution < 1.29 is 17.9 Å².